The van der Waals surface area contributed by atoms with E-state index in [9.17, 15) is 24.0 Å². The molecule has 0 aromatic carbocycles. The van der Waals surface area contributed by atoms with Crippen LogP contribution in [0.4, 0.5) is 0 Å². The SMILES string of the molecule is CC.CC.CC(N)=O.CCCCC(C)CC.NC(=O)COCNC(=O)CNC(=O)CCO.O=C(O)[C@H]1OCC(O)CC1O. The minimum absolute atomic E-state index is 0.0198. The van der Waals surface area contributed by atoms with Crippen LogP contribution >= 0.6 is 0 Å². The molecule has 10 N–H and O–H groups in total. The van der Waals surface area contributed by atoms with Crippen LogP contribution in [0.2, 0.25) is 0 Å². The number of hydrogen-bond acceptors (Lipinski definition) is 10. The Morgan fingerprint density at radius 3 is 1.93 bits per heavy atom. The number of carbonyl (C=O) groups excluding carboxylic acids is 4. The number of nitrogens with one attached hydrogen (secondary N) is 2. The number of rotatable bonds is 13. The normalized spacial score (nSPS) is 16.9. The Balaban J connectivity index is -0.000000155. The zero-order valence-corrected chi connectivity index (χ0v) is 27.4. The third-order valence-electron chi connectivity index (χ3n) is 4.72. The number of carboxylic acid groups (broad SMARTS) is 1. The number of primary amides is 2. The van der Waals surface area contributed by atoms with Crippen molar-refractivity contribution in [1.29, 1.82) is 0 Å². The van der Waals surface area contributed by atoms with Gasteiger partial charge in [-0.15, -0.1) is 0 Å². The molecular formula is C28H60N4O11. The highest BCUT2D eigenvalue weighted by atomic mass is 16.5. The van der Waals surface area contributed by atoms with Gasteiger partial charge in [-0.1, -0.05) is 74.1 Å². The van der Waals surface area contributed by atoms with E-state index in [0.717, 1.165) is 5.92 Å². The Morgan fingerprint density at radius 1 is 1.00 bits per heavy atom. The lowest BCUT2D eigenvalue weighted by Crippen LogP contribution is -2.45. The molecule has 1 heterocycles. The largest absolute Gasteiger partial charge is 0.479 e. The Hall–Kier alpha value is -2.85. The van der Waals surface area contributed by atoms with Crippen LogP contribution in [0, 0.1) is 5.92 Å². The van der Waals surface area contributed by atoms with Gasteiger partial charge in [-0.2, -0.15) is 0 Å². The van der Waals surface area contributed by atoms with Crippen LogP contribution in [-0.2, 0) is 33.4 Å². The second kappa shape index (κ2) is 37.2. The van der Waals surface area contributed by atoms with Crippen LogP contribution in [0.25, 0.3) is 0 Å². The van der Waals surface area contributed by atoms with Gasteiger partial charge in [-0.25, -0.2) is 4.79 Å². The minimum Gasteiger partial charge on any atom is -0.479 e. The van der Waals surface area contributed by atoms with E-state index < -0.39 is 42.0 Å². The fourth-order valence-corrected chi connectivity index (χ4v) is 2.50. The first-order valence-electron chi connectivity index (χ1n) is 14.7. The minimum atomic E-state index is -1.19. The van der Waals surface area contributed by atoms with Gasteiger partial charge in [-0.05, 0) is 5.92 Å². The standard InChI is InChI=1S/C8H15N3O5.C8H18.C6H10O5.C2H5NO.2C2H6/c9-6(13)4-16-5-11-8(15)3-10-7(14)1-2-12;1-4-6-7-8(3)5-2;7-3-1-4(8)5(6(9)10)11-2-3;1-2(3)4;2*1-2/h12H,1-5H2,(H2,9,13)(H,10,14)(H,11,15);8H,4-7H2,1-3H3;3-5,7-8H,1-2H2,(H,9,10);1H3,(H2,3,4);2*1-2H3/t;;3?,4?,5-;;;/m..0.../s1. The summed E-state index contributed by atoms with van der Waals surface area (Å²) >= 11 is 0. The molecule has 0 aromatic heterocycles. The molecule has 15 nitrogen and oxygen atoms in total. The molecule has 1 fully saturated rings. The molecule has 1 aliphatic heterocycles. The molecule has 1 aliphatic rings. The van der Waals surface area contributed by atoms with E-state index in [-0.39, 0.29) is 51.8 Å². The van der Waals surface area contributed by atoms with Gasteiger partial charge in [0.1, 0.15) is 13.3 Å². The van der Waals surface area contributed by atoms with E-state index in [4.69, 9.17) is 26.2 Å². The summed E-state index contributed by atoms with van der Waals surface area (Å²) in [6.07, 6.45) is 2.52. The first kappa shape index (κ1) is 49.8. The molecule has 4 amide bonds. The highest BCUT2D eigenvalue weighted by molar-refractivity contribution is 5.84. The molecule has 0 radical (unpaired) electrons. The molecule has 1 rings (SSSR count). The quantitative estimate of drug-likeness (QED) is 0.102. The average molecular weight is 629 g/mol. The monoisotopic (exact) mass is 628 g/mol. The van der Waals surface area contributed by atoms with Crippen LogP contribution in [0.15, 0.2) is 0 Å². The Bertz CT molecular complexity index is 694. The number of amides is 4. The number of ether oxygens (including phenoxy) is 2. The first-order chi connectivity index (χ1) is 20.2. The van der Waals surface area contributed by atoms with Crippen molar-refractivity contribution in [2.24, 2.45) is 17.4 Å². The second-order valence-electron chi connectivity index (χ2n) is 8.62. The Labute approximate surface area is 257 Å². The third-order valence-corrected chi connectivity index (χ3v) is 4.72. The predicted octanol–water partition coefficient (Wildman–Crippen LogP) is 0.409. The van der Waals surface area contributed by atoms with E-state index in [0.29, 0.717) is 0 Å². The summed E-state index contributed by atoms with van der Waals surface area (Å²) in [7, 11) is 0. The van der Waals surface area contributed by atoms with Crippen molar-refractivity contribution in [3.8, 4) is 0 Å². The number of unbranched alkanes of at least 4 members (excludes halogenated alkanes) is 1. The van der Waals surface area contributed by atoms with Gasteiger partial charge < -0.3 is 52.0 Å². The maximum Gasteiger partial charge on any atom is 0.335 e. The molecule has 0 saturated carbocycles. The molecule has 0 spiro atoms. The van der Waals surface area contributed by atoms with E-state index in [1.165, 1.54) is 32.6 Å². The van der Waals surface area contributed by atoms with Crippen molar-refractivity contribution in [2.75, 3.05) is 33.1 Å². The molecular weight excluding hydrogens is 568 g/mol. The Morgan fingerprint density at radius 2 is 1.53 bits per heavy atom. The summed E-state index contributed by atoms with van der Waals surface area (Å²) < 4.78 is 9.33. The van der Waals surface area contributed by atoms with E-state index in [2.05, 4.69) is 46.6 Å². The summed E-state index contributed by atoms with van der Waals surface area (Å²) in [6, 6.07) is 0. The number of aliphatic hydroxyl groups excluding tert-OH is 3. The molecule has 3 unspecified atom stereocenters. The van der Waals surface area contributed by atoms with Crippen molar-refractivity contribution in [3.05, 3.63) is 0 Å². The third kappa shape index (κ3) is 43.7. The highest BCUT2D eigenvalue weighted by Crippen LogP contribution is 2.14. The molecule has 0 aromatic rings. The van der Waals surface area contributed by atoms with Crippen molar-refractivity contribution < 1.29 is 53.9 Å². The van der Waals surface area contributed by atoms with E-state index >= 15 is 0 Å². The van der Waals surface area contributed by atoms with Gasteiger partial charge in [0.05, 0.1) is 32.0 Å². The number of carboxylic acids is 1. The maximum absolute atomic E-state index is 11.0. The van der Waals surface area contributed by atoms with Crippen LogP contribution < -0.4 is 22.1 Å². The lowest BCUT2D eigenvalue weighted by atomic mass is 10.0. The fraction of sp³-hybridized carbons (Fsp3) is 0.821. The second-order valence-corrected chi connectivity index (χ2v) is 8.62. The molecule has 43 heavy (non-hydrogen) atoms. The number of aliphatic carboxylic acids is 1. The van der Waals surface area contributed by atoms with E-state index in [1.807, 2.05) is 27.7 Å². The van der Waals surface area contributed by atoms with Gasteiger partial charge in [0, 0.05) is 19.8 Å². The molecule has 0 bridgehead atoms. The summed E-state index contributed by atoms with van der Waals surface area (Å²) in [6.45, 7) is 15.2. The van der Waals surface area contributed by atoms with Gasteiger partial charge in [-0.3, -0.25) is 19.2 Å². The molecule has 1 saturated heterocycles. The van der Waals surface area contributed by atoms with Gasteiger partial charge in [0.25, 0.3) is 0 Å². The smallest absolute Gasteiger partial charge is 0.335 e. The van der Waals surface area contributed by atoms with Crippen molar-refractivity contribution in [2.45, 2.75) is 112 Å². The van der Waals surface area contributed by atoms with Crippen LogP contribution in [0.3, 0.4) is 0 Å². The molecule has 0 aliphatic carbocycles. The topological polar surface area (TPSA) is 261 Å². The number of nitrogens with two attached hydrogens (primary N) is 2. The average Bonchev–Trinajstić information content (AvgIpc) is 2.95. The maximum atomic E-state index is 11.0. The summed E-state index contributed by atoms with van der Waals surface area (Å²) in [5.41, 5.74) is 9.26. The van der Waals surface area contributed by atoms with Gasteiger partial charge in [0.2, 0.25) is 23.6 Å². The zero-order valence-electron chi connectivity index (χ0n) is 27.4. The van der Waals surface area contributed by atoms with Crippen molar-refractivity contribution in [3.63, 3.8) is 0 Å². The highest BCUT2D eigenvalue weighted by Gasteiger charge is 2.33. The summed E-state index contributed by atoms with van der Waals surface area (Å²) in [5, 5.41) is 39.3. The zero-order chi connectivity index (χ0) is 34.8. The predicted molar refractivity (Wildman–Crippen MR) is 163 cm³/mol. The fourth-order valence-electron chi connectivity index (χ4n) is 2.50. The van der Waals surface area contributed by atoms with Crippen LogP contribution in [0.5, 0.6) is 0 Å². The number of carbonyl (C=O) groups is 5. The van der Waals surface area contributed by atoms with E-state index in [1.54, 1.807) is 0 Å². The van der Waals surface area contributed by atoms with Crippen LogP contribution in [-0.4, -0.2) is 101 Å². The van der Waals surface area contributed by atoms with Gasteiger partial charge >= 0.3 is 5.97 Å². The molecule has 15 heteroatoms. The van der Waals surface area contributed by atoms with Crippen molar-refractivity contribution >= 4 is 29.6 Å². The molecule has 4 atom stereocenters. The first-order valence-corrected chi connectivity index (χ1v) is 14.7. The van der Waals surface area contributed by atoms with Crippen LogP contribution in [0.1, 0.15) is 93.9 Å². The summed E-state index contributed by atoms with van der Waals surface area (Å²) in [4.78, 5) is 51.6. The lowest BCUT2D eigenvalue weighted by molar-refractivity contribution is -0.173. The number of aliphatic hydroxyl groups is 3. The Kier molecular flexibility index (Phi) is 43.1. The molecule has 258 valence electrons. The number of hydrogen-bond donors (Lipinski definition) is 8. The lowest BCUT2D eigenvalue weighted by Gasteiger charge is -2.27. The summed E-state index contributed by atoms with van der Waals surface area (Å²) in [5.74, 6) is -2.09. The van der Waals surface area contributed by atoms with Crippen molar-refractivity contribution in [1.82, 2.24) is 10.6 Å². The van der Waals surface area contributed by atoms with Gasteiger partial charge in [0.15, 0.2) is 6.10 Å².